The number of hydrogen-bond donors (Lipinski definition) is 2. The molecule has 2 aromatic heterocycles. The Morgan fingerprint density at radius 3 is 2.63 bits per heavy atom. The lowest BCUT2D eigenvalue weighted by Crippen LogP contribution is -2.39. The molecule has 0 unspecified atom stereocenters. The zero-order valence-electron chi connectivity index (χ0n) is 19.1. The van der Waals surface area contributed by atoms with Crippen LogP contribution in [0, 0.1) is 0 Å². The number of aromatic nitrogens is 4. The van der Waals surface area contributed by atoms with Crippen molar-refractivity contribution in [1.29, 1.82) is 0 Å². The molecule has 4 heterocycles. The van der Waals surface area contributed by atoms with Gasteiger partial charge in [0.2, 0.25) is 15.3 Å². The van der Waals surface area contributed by atoms with Gasteiger partial charge in [0.05, 0.1) is 17.8 Å². The minimum atomic E-state index is -3.42. The van der Waals surface area contributed by atoms with Gasteiger partial charge in [-0.15, -0.1) is 0 Å². The van der Waals surface area contributed by atoms with E-state index in [0.29, 0.717) is 28.4 Å². The molecule has 0 radical (unpaired) electrons. The van der Waals surface area contributed by atoms with Gasteiger partial charge >= 0.3 is 0 Å². The van der Waals surface area contributed by atoms with E-state index in [1.807, 2.05) is 24.3 Å². The molecule has 11 nitrogen and oxygen atoms in total. The molecule has 4 atom stereocenters. The van der Waals surface area contributed by atoms with E-state index in [1.165, 1.54) is 0 Å². The molecule has 188 valence electrons. The average Bonchev–Trinajstić information content (AvgIpc) is 3.41. The van der Waals surface area contributed by atoms with Crippen molar-refractivity contribution in [2.24, 2.45) is 0 Å². The SMILES string of the molecule is CC1(C)O[C@@H]2[C@H](O1)[C@@H](CNS(C)(=O)=O)O[C@H]2n1ncc2c(NCc3ccccc3Cl)nc(Cl)nc21. The number of anilines is 1. The van der Waals surface area contributed by atoms with Crippen LogP contribution in [-0.2, 0) is 30.8 Å². The number of fused-ring (bicyclic) bond motifs is 2. The van der Waals surface area contributed by atoms with Crippen molar-refractivity contribution in [2.45, 2.75) is 50.7 Å². The Morgan fingerprint density at radius 2 is 1.89 bits per heavy atom. The molecular weight excluding hydrogens is 519 g/mol. The molecule has 2 fully saturated rings. The minimum Gasteiger partial charge on any atom is -0.365 e. The zero-order valence-corrected chi connectivity index (χ0v) is 21.4. The third-order valence-corrected chi connectivity index (χ3v) is 6.97. The van der Waals surface area contributed by atoms with Crippen molar-refractivity contribution in [2.75, 3.05) is 18.1 Å². The summed E-state index contributed by atoms with van der Waals surface area (Å²) in [5.41, 5.74) is 1.33. The van der Waals surface area contributed by atoms with E-state index >= 15 is 0 Å². The van der Waals surface area contributed by atoms with Crippen molar-refractivity contribution in [3.8, 4) is 0 Å². The van der Waals surface area contributed by atoms with E-state index in [0.717, 1.165) is 11.8 Å². The molecule has 2 aliphatic rings. The largest absolute Gasteiger partial charge is 0.365 e. The molecule has 0 aliphatic carbocycles. The molecule has 3 aromatic rings. The Hall–Kier alpha value is -2.06. The number of rotatable bonds is 7. The summed E-state index contributed by atoms with van der Waals surface area (Å²) in [4.78, 5) is 8.70. The van der Waals surface area contributed by atoms with Crippen molar-refractivity contribution in [1.82, 2.24) is 24.5 Å². The van der Waals surface area contributed by atoms with Crippen LogP contribution in [0.2, 0.25) is 10.3 Å². The smallest absolute Gasteiger partial charge is 0.226 e. The van der Waals surface area contributed by atoms with E-state index in [2.05, 4.69) is 25.1 Å². The highest BCUT2D eigenvalue weighted by Gasteiger charge is 2.56. The molecule has 2 saturated heterocycles. The summed E-state index contributed by atoms with van der Waals surface area (Å²) >= 11 is 12.5. The van der Waals surface area contributed by atoms with Gasteiger partial charge in [-0.2, -0.15) is 15.1 Å². The highest BCUT2D eigenvalue weighted by molar-refractivity contribution is 7.88. The van der Waals surface area contributed by atoms with Gasteiger partial charge in [-0.05, 0) is 37.1 Å². The number of nitrogens with zero attached hydrogens (tertiary/aromatic N) is 4. The Bertz CT molecular complexity index is 1370. The maximum Gasteiger partial charge on any atom is 0.226 e. The summed E-state index contributed by atoms with van der Waals surface area (Å²) < 4.78 is 45.7. The Balaban J connectivity index is 1.46. The molecule has 0 bridgehead atoms. The fraction of sp³-hybridized carbons (Fsp3) is 0.476. The maximum atomic E-state index is 11.6. The Morgan fingerprint density at radius 1 is 1.14 bits per heavy atom. The van der Waals surface area contributed by atoms with E-state index in [9.17, 15) is 8.42 Å². The van der Waals surface area contributed by atoms with Crippen molar-refractivity contribution >= 4 is 50.1 Å². The van der Waals surface area contributed by atoms with Crippen LogP contribution in [0.4, 0.5) is 5.82 Å². The number of nitrogens with one attached hydrogen (secondary N) is 2. The second kappa shape index (κ2) is 9.11. The number of halogens is 2. The molecule has 2 aliphatic heterocycles. The second-order valence-electron chi connectivity index (χ2n) is 8.86. The lowest BCUT2D eigenvalue weighted by atomic mass is 10.1. The van der Waals surface area contributed by atoms with Crippen LogP contribution in [0.1, 0.15) is 25.6 Å². The summed E-state index contributed by atoms with van der Waals surface area (Å²) in [6.45, 7) is 4.03. The van der Waals surface area contributed by atoms with E-state index in [-0.39, 0.29) is 11.8 Å². The number of sulfonamides is 1. The average molecular weight is 543 g/mol. The van der Waals surface area contributed by atoms with Crippen molar-refractivity contribution in [3.63, 3.8) is 0 Å². The predicted molar refractivity (Wildman–Crippen MR) is 130 cm³/mol. The van der Waals surface area contributed by atoms with Crippen LogP contribution >= 0.6 is 23.2 Å². The number of hydrogen-bond acceptors (Lipinski definition) is 9. The van der Waals surface area contributed by atoms with E-state index in [1.54, 1.807) is 24.7 Å². The van der Waals surface area contributed by atoms with Crippen LogP contribution in [0.25, 0.3) is 11.0 Å². The first-order chi connectivity index (χ1) is 16.5. The van der Waals surface area contributed by atoms with Gasteiger partial charge in [0, 0.05) is 18.1 Å². The van der Waals surface area contributed by atoms with Gasteiger partial charge in [-0.1, -0.05) is 29.8 Å². The van der Waals surface area contributed by atoms with E-state index in [4.69, 9.17) is 37.4 Å². The van der Waals surface area contributed by atoms with Crippen LogP contribution in [0.5, 0.6) is 0 Å². The normalized spacial score (nSPS) is 25.7. The highest BCUT2D eigenvalue weighted by atomic mass is 35.5. The topological polar surface area (TPSA) is 129 Å². The first kappa shape index (κ1) is 24.6. The van der Waals surface area contributed by atoms with Crippen molar-refractivity contribution in [3.05, 3.63) is 46.3 Å². The Kier molecular flexibility index (Phi) is 6.41. The summed E-state index contributed by atoms with van der Waals surface area (Å²) in [5.74, 6) is -0.391. The molecule has 35 heavy (non-hydrogen) atoms. The number of ether oxygens (including phenoxy) is 3. The molecule has 0 amide bonds. The van der Waals surface area contributed by atoms with Gasteiger partial charge in [0.25, 0.3) is 0 Å². The number of benzene rings is 1. The fourth-order valence-electron chi connectivity index (χ4n) is 4.29. The van der Waals surface area contributed by atoms with Gasteiger partial charge < -0.3 is 19.5 Å². The zero-order chi connectivity index (χ0) is 25.0. The summed E-state index contributed by atoms with van der Waals surface area (Å²) in [5, 5.41) is 9.02. The molecule has 1 aromatic carbocycles. The van der Waals surface area contributed by atoms with Crippen LogP contribution in [0.3, 0.4) is 0 Å². The standard InChI is InChI=1S/C21H24Cl2N6O5S/c1-21(2)33-15-14(10-26-35(3,30)31)32-19(16(15)34-21)29-18-12(9-25-29)17(27-20(23)28-18)24-8-11-6-4-5-7-13(11)22/h4-7,9,14-16,19,26H,8,10H2,1-3H3,(H,24,27,28)/t14-,15-,16-,19-/m1/s1. The first-order valence-corrected chi connectivity index (χ1v) is 13.5. The molecule has 14 heteroatoms. The van der Waals surface area contributed by atoms with Crippen LogP contribution < -0.4 is 10.0 Å². The fourth-order valence-corrected chi connectivity index (χ4v) is 5.13. The summed E-state index contributed by atoms with van der Waals surface area (Å²) in [6, 6.07) is 7.49. The molecule has 5 rings (SSSR count). The third kappa shape index (κ3) is 5.10. The van der Waals surface area contributed by atoms with Crippen LogP contribution in [0.15, 0.2) is 30.5 Å². The second-order valence-corrected chi connectivity index (χ2v) is 11.4. The van der Waals surface area contributed by atoms with Crippen molar-refractivity contribution < 1.29 is 22.6 Å². The summed E-state index contributed by atoms with van der Waals surface area (Å²) in [6.07, 6.45) is 0.307. The summed E-state index contributed by atoms with van der Waals surface area (Å²) in [7, 11) is -3.42. The first-order valence-electron chi connectivity index (χ1n) is 10.8. The predicted octanol–water partition coefficient (Wildman–Crippen LogP) is 2.71. The van der Waals surface area contributed by atoms with Gasteiger partial charge in [0.1, 0.15) is 24.1 Å². The molecule has 2 N–H and O–H groups in total. The van der Waals surface area contributed by atoms with E-state index < -0.39 is 40.4 Å². The van der Waals surface area contributed by atoms with Gasteiger partial charge in [0.15, 0.2) is 17.7 Å². The quantitative estimate of drug-likeness (QED) is 0.432. The molecule has 0 spiro atoms. The minimum absolute atomic E-state index is 0.0228. The third-order valence-electron chi connectivity index (χ3n) is 5.74. The lowest BCUT2D eigenvalue weighted by Gasteiger charge is -2.24. The lowest BCUT2D eigenvalue weighted by molar-refractivity contribution is -0.196. The van der Waals surface area contributed by atoms with Gasteiger partial charge in [-0.3, -0.25) is 0 Å². The monoisotopic (exact) mass is 542 g/mol. The maximum absolute atomic E-state index is 11.6. The highest BCUT2D eigenvalue weighted by Crippen LogP contribution is 2.43. The Labute approximate surface area is 212 Å². The molecular formula is C21H24Cl2N6O5S. The van der Waals surface area contributed by atoms with Crippen LogP contribution in [-0.4, -0.2) is 65.1 Å². The van der Waals surface area contributed by atoms with Gasteiger partial charge in [-0.25, -0.2) is 17.8 Å². The molecule has 0 saturated carbocycles.